The fourth-order valence-corrected chi connectivity index (χ4v) is 5.11. The van der Waals surface area contributed by atoms with Crippen molar-refractivity contribution in [2.24, 2.45) is 5.92 Å². The lowest BCUT2D eigenvalue weighted by Crippen LogP contribution is -2.50. The fourth-order valence-electron chi connectivity index (χ4n) is 5.01. The highest BCUT2D eigenvalue weighted by Gasteiger charge is 2.41. The number of carbonyl (C=O) groups is 1. The summed E-state index contributed by atoms with van der Waals surface area (Å²) in [7, 11) is 2.13. The van der Waals surface area contributed by atoms with Crippen LogP contribution in [0, 0.1) is 12.8 Å². The van der Waals surface area contributed by atoms with Crippen molar-refractivity contribution in [3.8, 4) is 0 Å². The minimum Gasteiger partial charge on any atom is -0.358 e. The lowest BCUT2D eigenvalue weighted by Gasteiger charge is -2.45. The van der Waals surface area contributed by atoms with Crippen LogP contribution in [0.2, 0.25) is 5.15 Å². The Morgan fingerprint density at radius 2 is 2.14 bits per heavy atom. The number of likely N-dealkylation sites (tertiary alicyclic amines) is 1. The third-order valence-electron chi connectivity index (χ3n) is 6.32. The fraction of sp³-hybridized carbons (Fsp3) is 0.381. The predicted molar refractivity (Wildman–Crippen MR) is 110 cm³/mol. The molecule has 0 radical (unpaired) electrons. The number of aryl methyl sites for hydroxylation is 1. The quantitative estimate of drug-likeness (QED) is 0.696. The number of nitrogens with one attached hydrogen (secondary N) is 2. The zero-order valence-electron chi connectivity index (χ0n) is 15.9. The zero-order chi connectivity index (χ0) is 19.4. The number of nitrogens with zero attached hydrogens (tertiary/aromatic N) is 3. The first-order chi connectivity index (χ1) is 13.5. The van der Waals surface area contributed by atoms with Crippen LogP contribution in [-0.2, 0) is 11.2 Å². The molecule has 1 aliphatic heterocycles. The highest BCUT2D eigenvalue weighted by atomic mass is 35.5. The van der Waals surface area contributed by atoms with Crippen molar-refractivity contribution in [3.63, 3.8) is 0 Å². The topological polar surface area (TPSA) is 73.9 Å². The number of amides is 1. The van der Waals surface area contributed by atoms with Crippen molar-refractivity contribution in [1.29, 1.82) is 0 Å². The second-order valence-electron chi connectivity index (χ2n) is 7.98. The van der Waals surface area contributed by atoms with Gasteiger partial charge in [0.15, 0.2) is 11.0 Å². The highest BCUT2D eigenvalue weighted by Crippen LogP contribution is 2.45. The van der Waals surface area contributed by atoms with Crippen LogP contribution < -0.4 is 5.32 Å². The van der Waals surface area contributed by atoms with E-state index < -0.39 is 0 Å². The summed E-state index contributed by atoms with van der Waals surface area (Å²) >= 11 is 5.78. The van der Waals surface area contributed by atoms with Crippen molar-refractivity contribution in [3.05, 3.63) is 52.3 Å². The molecule has 144 valence electrons. The van der Waals surface area contributed by atoms with Crippen LogP contribution in [-0.4, -0.2) is 45.6 Å². The molecule has 1 aromatic carbocycles. The SMILES string of the molecule is Cc1[nH]c2cccc3c2c1C[C@@H]1[C@@H]3C[C@@H](C(=O)Nc2ccc(Cl)nn2)CN1C. The van der Waals surface area contributed by atoms with Gasteiger partial charge in [-0.2, -0.15) is 0 Å². The van der Waals surface area contributed by atoms with E-state index in [0.29, 0.717) is 22.9 Å². The molecule has 5 rings (SSSR count). The Balaban J connectivity index is 1.44. The van der Waals surface area contributed by atoms with Crippen molar-refractivity contribution in [2.75, 3.05) is 18.9 Å². The van der Waals surface area contributed by atoms with Gasteiger partial charge in [-0.15, -0.1) is 10.2 Å². The molecule has 2 N–H and O–H groups in total. The van der Waals surface area contributed by atoms with Crippen LogP contribution in [0.25, 0.3) is 10.9 Å². The Kier molecular flexibility index (Phi) is 4.14. The molecule has 0 bridgehead atoms. The summed E-state index contributed by atoms with van der Waals surface area (Å²) in [6.07, 6.45) is 1.87. The number of halogens is 1. The van der Waals surface area contributed by atoms with Crippen LogP contribution in [0.3, 0.4) is 0 Å². The maximum atomic E-state index is 12.9. The third-order valence-corrected chi connectivity index (χ3v) is 6.52. The largest absolute Gasteiger partial charge is 0.358 e. The van der Waals surface area contributed by atoms with E-state index in [1.54, 1.807) is 12.1 Å². The zero-order valence-corrected chi connectivity index (χ0v) is 16.6. The van der Waals surface area contributed by atoms with Crippen molar-refractivity contribution < 1.29 is 4.79 Å². The average molecular weight is 396 g/mol. The summed E-state index contributed by atoms with van der Waals surface area (Å²) < 4.78 is 0. The molecule has 0 unspecified atom stereocenters. The average Bonchev–Trinajstić information content (AvgIpc) is 3.01. The number of benzene rings is 1. The van der Waals surface area contributed by atoms with Gasteiger partial charge < -0.3 is 15.2 Å². The molecule has 3 heterocycles. The summed E-state index contributed by atoms with van der Waals surface area (Å²) in [5.74, 6) is 0.677. The number of rotatable bonds is 2. The van der Waals surface area contributed by atoms with Crippen molar-refractivity contribution in [2.45, 2.75) is 31.7 Å². The van der Waals surface area contributed by atoms with Gasteiger partial charge in [-0.05, 0) is 56.1 Å². The van der Waals surface area contributed by atoms with Crippen LogP contribution >= 0.6 is 11.6 Å². The summed E-state index contributed by atoms with van der Waals surface area (Å²) in [4.78, 5) is 18.8. The van der Waals surface area contributed by atoms with E-state index in [2.05, 4.69) is 57.6 Å². The van der Waals surface area contributed by atoms with Crippen LogP contribution in [0.5, 0.6) is 0 Å². The number of fused-ring (bicyclic) bond motifs is 2. The normalized spacial score (nSPS) is 24.2. The molecule has 0 spiro atoms. The monoisotopic (exact) mass is 395 g/mol. The highest BCUT2D eigenvalue weighted by molar-refractivity contribution is 6.29. The van der Waals surface area contributed by atoms with Gasteiger partial charge in [0.25, 0.3) is 0 Å². The number of likely N-dealkylation sites (N-methyl/N-ethyl adjacent to an activating group) is 1. The molecule has 1 saturated heterocycles. The lowest BCUT2D eigenvalue weighted by molar-refractivity contribution is -0.122. The van der Waals surface area contributed by atoms with Gasteiger partial charge in [0.05, 0.1) is 5.92 Å². The summed E-state index contributed by atoms with van der Waals surface area (Å²) in [6, 6.07) is 10.2. The van der Waals surface area contributed by atoms with Gasteiger partial charge in [0, 0.05) is 35.1 Å². The standard InChI is InChI=1S/C21H22ClN5O/c1-11-14-9-17-15(13-4-3-5-16(23-11)20(13)14)8-12(10-27(17)2)21(28)24-19-7-6-18(22)25-26-19/h3-7,12,15,17,23H,8-10H2,1-2H3,(H,24,26,28)/t12-,15-,17-/m1/s1. The summed E-state index contributed by atoms with van der Waals surface area (Å²) in [5, 5.41) is 12.3. The second-order valence-corrected chi connectivity index (χ2v) is 8.37. The first-order valence-electron chi connectivity index (χ1n) is 9.61. The van der Waals surface area contributed by atoms with E-state index in [-0.39, 0.29) is 11.8 Å². The second kappa shape index (κ2) is 6.57. The Bertz CT molecular complexity index is 1060. The molecular formula is C21H22ClN5O. The number of aromatic amines is 1. The number of carbonyl (C=O) groups excluding carboxylic acids is 1. The molecule has 2 aromatic heterocycles. The van der Waals surface area contributed by atoms with Gasteiger partial charge in [0.2, 0.25) is 5.91 Å². The molecule has 3 atom stereocenters. The molecule has 1 fully saturated rings. The molecule has 1 aliphatic carbocycles. The van der Waals surface area contributed by atoms with E-state index in [4.69, 9.17) is 11.6 Å². The van der Waals surface area contributed by atoms with E-state index in [1.807, 2.05) is 0 Å². The van der Waals surface area contributed by atoms with Crippen molar-refractivity contribution >= 4 is 34.2 Å². The van der Waals surface area contributed by atoms with E-state index >= 15 is 0 Å². The van der Waals surface area contributed by atoms with Crippen LogP contribution in [0.1, 0.15) is 29.2 Å². The van der Waals surface area contributed by atoms with Gasteiger partial charge in [-0.1, -0.05) is 23.7 Å². The molecule has 0 saturated carbocycles. The summed E-state index contributed by atoms with van der Waals surface area (Å²) in [5.41, 5.74) is 5.26. The minimum atomic E-state index is -0.0967. The molecule has 28 heavy (non-hydrogen) atoms. The van der Waals surface area contributed by atoms with Gasteiger partial charge >= 0.3 is 0 Å². The van der Waals surface area contributed by atoms with E-state index in [9.17, 15) is 4.79 Å². The Morgan fingerprint density at radius 3 is 2.93 bits per heavy atom. The molecule has 3 aromatic rings. The van der Waals surface area contributed by atoms with Crippen molar-refractivity contribution in [1.82, 2.24) is 20.1 Å². The minimum absolute atomic E-state index is 0.00913. The third kappa shape index (κ3) is 2.79. The molecule has 2 aliphatic rings. The number of anilines is 1. The maximum absolute atomic E-state index is 12.9. The first-order valence-corrected chi connectivity index (χ1v) is 9.99. The van der Waals surface area contributed by atoms with Gasteiger partial charge in [-0.25, -0.2) is 0 Å². The van der Waals surface area contributed by atoms with Crippen LogP contribution in [0.4, 0.5) is 5.82 Å². The van der Waals surface area contributed by atoms with Crippen LogP contribution in [0.15, 0.2) is 30.3 Å². The number of H-pyrrole nitrogens is 1. The maximum Gasteiger partial charge on any atom is 0.230 e. The Morgan fingerprint density at radius 1 is 1.29 bits per heavy atom. The Hall–Kier alpha value is -2.44. The predicted octanol–water partition coefficient (Wildman–Crippen LogP) is 3.52. The molecular weight excluding hydrogens is 374 g/mol. The van der Waals surface area contributed by atoms with Gasteiger partial charge in [0.1, 0.15) is 0 Å². The number of aromatic nitrogens is 3. The lowest BCUT2D eigenvalue weighted by atomic mass is 9.72. The molecule has 1 amide bonds. The van der Waals surface area contributed by atoms with E-state index in [0.717, 1.165) is 19.4 Å². The molecule has 7 heteroatoms. The Labute approximate surface area is 168 Å². The van der Waals surface area contributed by atoms with Gasteiger partial charge in [-0.3, -0.25) is 4.79 Å². The first kappa shape index (κ1) is 17.6. The number of hydrogen-bond acceptors (Lipinski definition) is 4. The summed E-state index contributed by atoms with van der Waals surface area (Å²) in [6.45, 7) is 2.90. The molecule has 6 nitrogen and oxygen atoms in total. The van der Waals surface area contributed by atoms with E-state index in [1.165, 1.54) is 27.7 Å². The smallest absolute Gasteiger partial charge is 0.230 e. The number of hydrogen-bond donors (Lipinski definition) is 2. The number of piperidine rings is 1.